The van der Waals surface area contributed by atoms with Gasteiger partial charge in [-0.25, -0.2) is 4.39 Å². The third kappa shape index (κ3) is 7.05. The molecule has 3 amide bonds. The first-order valence-corrected chi connectivity index (χ1v) is 10.4. The van der Waals surface area contributed by atoms with Crippen molar-refractivity contribution >= 4 is 41.0 Å². The van der Waals surface area contributed by atoms with Crippen LogP contribution >= 0.6 is 12.4 Å². The lowest BCUT2D eigenvalue weighted by molar-refractivity contribution is -0.130. The number of hydrogen-bond acceptors (Lipinski definition) is 3. The molecule has 9 heteroatoms. The molecule has 0 fully saturated rings. The van der Waals surface area contributed by atoms with Crippen LogP contribution in [0.3, 0.4) is 0 Å². The van der Waals surface area contributed by atoms with Gasteiger partial charge in [-0.3, -0.25) is 25.2 Å². The number of H-pyrrole nitrogens is 1. The number of aryl methyl sites for hydroxylation is 3. The van der Waals surface area contributed by atoms with Crippen LogP contribution in [0.2, 0.25) is 0 Å². The molecule has 0 aliphatic rings. The zero-order valence-corrected chi connectivity index (χ0v) is 19.6. The monoisotopic (exact) mass is 474 g/mol. The molecule has 0 atom stereocenters. The fourth-order valence-corrected chi connectivity index (χ4v) is 3.59. The number of carbonyl (C=O) groups excluding carboxylic acids is 3. The Morgan fingerprint density at radius 1 is 0.909 bits per heavy atom. The van der Waals surface area contributed by atoms with Crippen molar-refractivity contribution in [1.82, 2.24) is 21.2 Å². The van der Waals surface area contributed by atoms with Crippen LogP contribution in [0.5, 0.6) is 0 Å². The van der Waals surface area contributed by atoms with Gasteiger partial charge in [0.25, 0.3) is 0 Å². The predicted octanol–water partition coefficient (Wildman–Crippen LogP) is 3.44. The molecule has 4 N–H and O–H groups in total. The molecule has 0 bridgehead atoms. The number of halogens is 2. The van der Waals surface area contributed by atoms with E-state index in [4.69, 9.17) is 0 Å². The number of carbonyl (C=O) groups is 3. The number of aromatic nitrogens is 1. The van der Waals surface area contributed by atoms with E-state index >= 15 is 0 Å². The van der Waals surface area contributed by atoms with Crippen molar-refractivity contribution in [1.29, 1.82) is 0 Å². The topological polar surface area (TPSA) is 103 Å². The Morgan fingerprint density at radius 2 is 1.55 bits per heavy atom. The summed E-state index contributed by atoms with van der Waals surface area (Å²) in [4.78, 5) is 39.6. The molecule has 3 rings (SSSR count). The zero-order valence-electron chi connectivity index (χ0n) is 18.8. The highest BCUT2D eigenvalue weighted by molar-refractivity contribution is 5.93. The van der Waals surface area contributed by atoms with Crippen LogP contribution in [0.25, 0.3) is 10.9 Å². The van der Waals surface area contributed by atoms with Gasteiger partial charge in [0.15, 0.2) is 0 Å². The number of aromatic amines is 1. The lowest BCUT2D eigenvalue weighted by atomic mass is 10.0. The minimum absolute atomic E-state index is 0. The van der Waals surface area contributed by atoms with Crippen LogP contribution in [0.4, 0.5) is 4.39 Å². The highest BCUT2D eigenvalue weighted by Gasteiger charge is 2.15. The molecule has 0 spiro atoms. The Balaban J connectivity index is 0.00000385. The maximum absolute atomic E-state index is 12.9. The second kappa shape index (κ2) is 11.5. The molecule has 0 aliphatic heterocycles. The number of nitrogens with one attached hydrogen (secondary N) is 4. The summed E-state index contributed by atoms with van der Waals surface area (Å²) in [6, 6.07) is 9.91. The van der Waals surface area contributed by atoms with E-state index in [2.05, 4.69) is 27.2 Å². The van der Waals surface area contributed by atoms with Gasteiger partial charge in [-0.2, -0.15) is 0 Å². The molecule has 2 aromatic carbocycles. The average molecular weight is 475 g/mol. The lowest BCUT2D eigenvalue weighted by Gasteiger charge is -2.09. The normalized spacial score (nSPS) is 10.4. The van der Waals surface area contributed by atoms with Gasteiger partial charge in [0.2, 0.25) is 17.7 Å². The maximum atomic E-state index is 12.9. The standard InChI is InChI=1S/C24H27FN4O3.ClH/c1-14-10-15(2)24-20(11-14)19(16(3)27-24)12-23(32)29-28-22(31)9-8-21(30)26-13-17-4-6-18(25)7-5-17;/h4-7,10-11,27H,8-9,12-13H2,1-3H3,(H,26,30)(H,28,31)(H,29,32);1H. The Labute approximate surface area is 197 Å². The molecule has 3 aromatic rings. The van der Waals surface area contributed by atoms with Gasteiger partial charge < -0.3 is 10.3 Å². The number of hydrogen-bond donors (Lipinski definition) is 4. The molecule has 176 valence electrons. The second-order valence-electron chi connectivity index (χ2n) is 7.91. The first kappa shape index (κ1) is 25.9. The fourth-order valence-electron chi connectivity index (χ4n) is 3.59. The van der Waals surface area contributed by atoms with Gasteiger partial charge in [-0.15, -0.1) is 12.4 Å². The quantitative estimate of drug-likeness (QED) is 0.394. The van der Waals surface area contributed by atoms with E-state index in [1.807, 2.05) is 26.8 Å². The van der Waals surface area contributed by atoms with Crippen molar-refractivity contribution in [3.05, 3.63) is 70.2 Å². The largest absolute Gasteiger partial charge is 0.358 e. The van der Waals surface area contributed by atoms with Crippen LogP contribution < -0.4 is 16.2 Å². The minimum Gasteiger partial charge on any atom is -0.358 e. The van der Waals surface area contributed by atoms with Crippen LogP contribution in [-0.2, 0) is 27.3 Å². The van der Waals surface area contributed by atoms with Crippen molar-refractivity contribution in [2.24, 2.45) is 0 Å². The molecule has 1 heterocycles. The van der Waals surface area contributed by atoms with Gasteiger partial charge in [-0.05, 0) is 55.7 Å². The molecule has 0 saturated carbocycles. The second-order valence-corrected chi connectivity index (χ2v) is 7.91. The number of hydrazine groups is 1. The maximum Gasteiger partial charge on any atom is 0.242 e. The highest BCUT2D eigenvalue weighted by atomic mass is 35.5. The number of benzene rings is 2. The molecule has 0 saturated heterocycles. The lowest BCUT2D eigenvalue weighted by Crippen LogP contribution is -2.42. The summed E-state index contributed by atoms with van der Waals surface area (Å²) in [5.74, 6) is -1.46. The van der Waals surface area contributed by atoms with Gasteiger partial charge in [0, 0.05) is 36.0 Å². The molecular formula is C24H28ClFN4O3. The van der Waals surface area contributed by atoms with E-state index in [0.29, 0.717) is 0 Å². The summed E-state index contributed by atoms with van der Waals surface area (Å²) in [5.41, 5.74) is 10.5. The van der Waals surface area contributed by atoms with Gasteiger partial charge in [-0.1, -0.05) is 23.8 Å². The summed E-state index contributed by atoms with van der Waals surface area (Å²) >= 11 is 0. The van der Waals surface area contributed by atoms with Gasteiger partial charge in [0.05, 0.1) is 6.42 Å². The Kier molecular flexibility index (Phi) is 8.99. The van der Waals surface area contributed by atoms with E-state index in [9.17, 15) is 18.8 Å². The average Bonchev–Trinajstić information content (AvgIpc) is 3.06. The van der Waals surface area contributed by atoms with Gasteiger partial charge in [0.1, 0.15) is 5.82 Å². The van der Waals surface area contributed by atoms with Crippen LogP contribution in [0, 0.1) is 26.6 Å². The van der Waals surface area contributed by atoms with E-state index in [-0.39, 0.29) is 55.8 Å². The van der Waals surface area contributed by atoms with Crippen LogP contribution in [-0.4, -0.2) is 22.7 Å². The molecule has 0 radical (unpaired) electrons. The molecule has 0 unspecified atom stereocenters. The smallest absolute Gasteiger partial charge is 0.242 e. The number of fused-ring (bicyclic) bond motifs is 1. The molecular weight excluding hydrogens is 447 g/mol. The Morgan fingerprint density at radius 3 is 2.24 bits per heavy atom. The Bertz CT molecular complexity index is 1160. The molecule has 0 aliphatic carbocycles. The van der Waals surface area contributed by atoms with Crippen molar-refractivity contribution < 1.29 is 18.8 Å². The van der Waals surface area contributed by atoms with Crippen molar-refractivity contribution in [3.8, 4) is 0 Å². The zero-order chi connectivity index (χ0) is 23.3. The summed E-state index contributed by atoms with van der Waals surface area (Å²) < 4.78 is 12.9. The van der Waals surface area contributed by atoms with E-state index in [1.54, 1.807) is 12.1 Å². The fraction of sp³-hybridized carbons (Fsp3) is 0.292. The van der Waals surface area contributed by atoms with E-state index in [1.165, 1.54) is 12.1 Å². The van der Waals surface area contributed by atoms with Crippen molar-refractivity contribution in [2.45, 2.75) is 46.6 Å². The van der Waals surface area contributed by atoms with Crippen molar-refractivity contribution in [3.63, 3.8) is 0 Å². The summed E-state index contributed by atoms with van der Waals surface area (Å²) in [5, 5.41) is 3.67. The third-order valence-corrected chi connectivity index (χ3v) is 5.23. The summed E-state index contributed by atoms with van der Waals surface area (Å²) in [7, 11) is 0. The predicted molar refractivity (Wildman–Crippen MR) is 127 cm³/mol. The third-order valence-electron chi connectivity index (χ3n) is 5.23. The first-order valence-electron chi connectivity index (χ1n) is 10.4. The molecule has 33 heavy (non-hydrogen) atoms. The summed E-state index contributed by atoms with van der Waals surface area (Å²) in [6.45, 7) is 6.20. The van der Waals surface area contributed by atoms with Crippen LogP contribution in [0.15, 0.2) is 36.4 Å². The highest BCUT2D eigenvalue weighted by Crippen LogP contribution is 2.26. The van der Waals surface area contributed by atoms with E-state index < -0.39 is 5.91 Å². The Hall–Kier alpha value is -3.39. The molecule has 7 nitrogen and oxygen atoms in total. The first-order chi connectivity index (χ1) is 15.2. The van der Waals surface area contributed by atoms with Gasteiger partial charge >= 0.3 is 0 Å². The minimum atomic E-state index is -0.461. The van der Waals surface area contributed by atoms with Crippen LogP contribution in [0.1, 0.15) is 40.8 Å². The van der Waals surface area contributed by atoms with Crippen molar-refractivity contribution in [2.75, 3.05) is 0 Å². The van der Waals surface area contributed by atoms with E-state index in [0.717, 1.165) is 38.9 Å². The molecule has 1 aromatic heterocycles. The summed E-state index contributed by atoms with van der Waals surface area (Å²) in [6.07, 6.45) is 0.0240. The SMILES string of the molecule is Cc1cc(C)c2[nH]c(C)c(CC(=O)NNC(=O)CCC(=O)NCc3ccc(F)cc3)c2c1.Cl. The number of amides is 3. The number of rotatable bonds is 7.